The van der Waals surface area contributed by atoms with Gasteiger partial charge in [-0.15, -0.1) is 0 Å². The predicted octanol–water partition coefficient (Wildman–Crippen LogP) is 5.53. The van der Waals surface area contributed by atoms with E-state index in [2.05, 4.69) is 9.97 Å². The van der Waals surface area contributed by atoms with Gasteiger partial charge in [-0.3, -0.25) is 0 Å². The third-order valence-electron chi connectivity index (χ3n) is 3.18. The van der Waals surface area contributed by atoms with E-state index in [0.717, 1.165) is 5.56 Å². The van der Waals surface area contributed by atoms with Gasteiger partial charge in [0.05, 0.1) is 16.7 Å². The van der Waals surface area contributed by atoms with Gasteiger partial charge in [0, 0.05) is 0 Å². The molecule has 0 saturated carbocycles. The van der Waals surface area contributed by atoms with Crippen molar-refractivity contribution in [1.29, 1.82) is 0 Å². The fourth-order valence-electron chi connectivity index (χ4n) is 2.19. The standard InChI is InChI=1S/C15H17F3N2.C2H6/c1-5-10-13(15(16,17)18)20-11-8-6-7-9(12(11)19-10)14(2,3)4;1-2/h6-8H,5H2,1-4H3;1-2H3. The summed E-state index contributed by atoms with van der Waals surface area (Å²) in [5.74, 6) is 0. The van der Waals surface area contributed by atoms with Gasteiger partial charge >= 0.3 is 6.18 Å². The van der Waals surface area contributed by atoms with E-state index in [-0.39, 0.29) is 17.5 Å². The summed E-state index contributed by atoms with van der Waals surface area (Å²) in [5, 5.41) is 0. The summed E-state index contributed by atoms with van der Waals surface area (Å²) in [5.41, 5.74) is 0.692. The van der Waals surface area contributed by atoms with E-state index in [0.29, 0.717) is 11.0 Å². The van der Waals surface area contributed by atoms with Crippen LogP contribution in [0.25, 0.3) is 11.0 Å². The molecule has 0 amide bonds. The lowest BCUT2D eigenvalue weighted by molar-refractivity contribution is -0.141. The lowest BCUT2D eigenvalue weighted by Crippen LogP contribution is -2.17. The van der Waals surface area contributed by atoms with Crippen LogP contribution in [-0.2, 0) is 18.0 Å². The zero-order valence-corrected chi connectivity index (χ0v) is 14.0. The second-order valence-electron chi connectivity index (χ2n) is 5.79. The molecule has 1 heterocycles. The highest BCUT2D eigenvalue weighted by Crippen LogP contribution is 2.34. The Labute approximate surface area is 129 Å². The highest BCUT2D eigenvalue weighted by Gasteiger charge is 2.36. The molecule has 2 aromatic rings. The molecule has 2 rings (SSSR count). The predicted molar refractivity (Wildman–Crippen MR) is 84.0 cm³/mol. The molecule has 5 heteroatoms. The van der Waals surface area contributed by atoms with Crippen molar-refractivity contribution in [2.75, 3.05) is 0 Å². The van der Waals surface area contributed by atoms with Crippen molar-refractivity contribution in [3.8, 4) is 0 Å². The van der Waals surface area contributed by atoms with Crippen LogP contribution >= 0.6 is 0 Å². The van der Waals surface area contributed by atoms with Gasteiger partial charge in [-0.25, -0.2) is 9.97 Å². The Kier molecular flexibility index (Phi) is 5.54. The van der Waals surface area contributed by atoms with E-state index in [9.17, 15) is 13.2 Å². The minimum absolute atomic E-state index is 0.00157. The van der Waals surface area contributed by atoms with Gasteiger partial charge in [0.1, 0.15) is 0 Å². The SMILES string of the molecule is CC.CCc1nc2c(C(C)(C)C)cccc2nc1C(F)(F)F. The quantitative estimate of drug-likeness (QED) is 0.691. The van der Waals surface area contributed by atoms with E-state index in [4.69, 9.17) is 0 Å². The van der Waals surface area contributed by atoms with Crippen LogP contribution in [0, 0.1) is 0 Å². The molecule has 1 aromatic heterocycles. The van der Waals surface area contributed by atoms with Gasteiger partial charge in [0.2, 0.25) is 0 Å². The van der Waals surface area contributed by atoms with Crippen molar-refractivity contribution in [3.63, 3.8) is 0 Å². The van der Waals surface area contributed by atoms with Crippen LogP contribution in [0.1, 0.15) is 58.5 Å². The normalized spacial score (nSPS) is 12.0. The number of alkyl halides is 3. The van der Waals surface area contributed by atoms with Crippen LogP contribution in [0.4, 0.5) is 13.2 Å². The van der Waals surface area contributed by atoms with Crippen molar-refractivity contribution in [2.45, 2.75) is 59.6 Å². The van der Waals surface area contributed by atoms with Crippen LogP contribution in [0.3, 0.4) is 0 Å². The van der Waals surface area contributed by atoms with Crippen LogP contribution < -0.4 is 0 Å². The first kappa shape index (κ1) is 18.4. The van der Waals surface area contributed by atoms with Crippen LogP contribution in [0.2, 0.25) is 0 Å². The van der Waals surface area contributed by atoms with Crippen molar-refractivity contribution in [2.24, 2.45) is 0 Å². The molecule has 0 unspecified atom stereocenters. The highest BCUT2D eigenvalue weighted by molar-refractivity contribution is 5.79. The Bertz CT molecular complexity index is 641. The maximum atomic E-state index is 13.0. The average molecular weight is 312 g/mol. The number of fused-ring (bicyclic) bond motifs is 1. The third kappa shape index (κ3) is 3.76. The zero-order chi connectivity index (χ0) is 17.1. The molecule has 0 saturated heterocycles. The van der Waals surface area contributed by atoms with E-state index >= 15 is 0 Å². The van der Waals surface area contributed by atoms with Gasteiger partial charge < -0.3 is 0 Å². The largest absolute Gasteiger partial charge is 0.435 e. The summed E-state index contributed by atoms with van der Waals surface area (Å²) >= 11 is 0. The molecule has 0 aliphatic carbocycles. The molecule has 0 bridgehead atoms. The summed E-state index contributed by atoms with van der Waals surface area (Å²) < 4.78 is 39.0. The van der Waals surface area contributed by atoms with Gasteiger partial charge in [-0.2, -0.15) is 13.2 Å². The van der Waals surface area contributed by atoms with Crippen molar-refractivity contribution in [3.05, 3.63) is 35.2 Å². The van der Waals surface area contributed by atoms with Crippen LogP contribution in [0.15, 0.2) is 18.2 Å². The Morgan fingerprint density at radius 2 is 1.59 bits per heavy atom. The lowest BCUT2D eigenvalue weighted by atomic mass is 9.86. The summed E-state index contributed by atoms with van der Waals surface area (Å²) in [4.78, 5) is 8.05. The maximum Gasteiger partial charge on any atom is 0.435 e. The molecule has 0 fully saturated rings. The van der Waals surface area contributed by atoms with Gasteiger partial charge in [-0.1, -0.05) is 53.7 Å². The minimum atomic E-state index is -4.47. The summed E-state index contributed by atoms with van der Waals surface area (Å²) in [6, 6.07) is 5.19. The fraction of sp³-hybridized carbons (Fsp3) is 0.529. The Balaban J connectivity index is 0.00000116. The summed E-state index contributed by atoms with van der Waals surface area (Å²) in [6.07, 6.45) is -4.26. The van der Waals surface area contributed by atoms with Gasteiger partial charge in [-0.05, 0) is 23.5 Å². The topological polar surface area (TPSA) is 25.8 Å². The van der Waals surface area contributed by atoms with E-state index in [1.807, 2.05) is 40.7 Å². The molecule has 0 spiro atoms. The molecule has 0 N–H and O–H groups in total. The van der Waals surface area contributed by atoms with Crippen LogP contribution in [0.5, 0.6) is 0 Å². The Hall–Kier alpha value is -1.65. The van der Waals surface area contributed by atoms with E-state index in [1.165, 1.54) is 0 Å². The van der Waals surface area contributed by atoms with Crippen molar-refractivity contribution in [1.82, 2.24) is 9.97 Å². The second kappa shape index (κ2) is 6.63. The number of para-hydroxylation sites is 1. The number of rotatable bonds is 1. The van der Waals surface area contributed by atoms with Crippen LogP contribution in [-0.4, -0.2) is 9.97 Å². The molecule has 0 aliphatic rings. The summed E-state index contributed by atoms with van der Waals surface area (Å²) in [7, 11) is 0. The molecule has 2 nitrogen and oxygen atoms in total. The number of halogens is 3. The number of hydrogen-bond donors (Lipinski definition) is 0. The fourth-order valence-corrected chi connectivity index (χ4v) is 2.19. The van der Waals surface area contributed by atoms with Crippen molar-refractivity contribution < 1.29 is 13.2 Å². The molecule has 0 aliphatic heterocycles. The number of aryl methyl sites for hydroxylation is 1. The first-order chi connectivity index (χ1) is 10.1. The molecular weight excluding hydrogens is 289 g/mol. The van der Waals surface area contributed by atoms with Crippen molar-refractivity contribution >= 4 is 11.0 Å². The third-order valence-corrected chi connectivity index (χ3v) is 3.18. The smallest absolute Gasteiger partial charge is 0.249 e. The van der Waals surface area contributed by atoms with E-state index in [1.54, 1.807) is 19.1 Å². The number of hydrogen-bond acceptors (Lipinski definition) is 2. The maximum absolute atomic E-state index is 13.0. The lowest BCUT2D eigenvalue weighted by Gasteiger charge is -2.21. The number of aromatic nitrogens is 2. The molecule has 1 aromatic carbocycles. The summed E-state index contributed by atoms with van der Waals surface area (Å²) in [6.45, 7) is 11.7. The Morgan fingerprint density at radius 3 is 2.05 bits per heavy atom. The van der Waals surface area contributed by atoms with E-state index < -0.39 is 11.9 Å². The molecular formula is C17H23F3N2. The minimum Gasteiger partial charge on any atom is -0.249 e. The first-order valence-corrected chi connectivity index (χ1v) is 7.52. The Morgan fingerprint density at radius 1 is 1.00 bits per heavy atom. The molecule has 0 radical (unpaired) electrons. The molecule has 22 heavy (non-hydrogen) atoms. The second-order valence-corrected chi connectivity index (χ2v) is 5.79. The van der Waals surface area contributed by atoms with Gasteiger partial charge in [0.25, 0.3) is 0 Å². The average Bonchev–Trinajstić information content (AvgIpc) is 2.45. The first-order valence-electron chi connectivity index (χ1n) is 7.52. The monoisotopic (exact) mass is 312 g/mol. The molecule has 122 valence electrons. The molecule has 0 atom stereocenters. The van der Waals surface area contributed by atoms with Gasteiger partial charge in [0.15, 0.2) is 5.69 Å². The zero-order valence-electron chi connectivity index (χ0n) is 14.0. The highest BCUT2D eigenvalue weighted by atomic mass is 19.4. The number of benzene rings is 1. The number of nitrogens with zero attached hydrogens (tertiary/aromatic N) is 2.